The standard InChI is InChI=1S/C11H15N5O5/c1-20-2-4-6(17)7(18)10(21-4)16-3-13-5-8(16)14-11(12)15-9(5)19/h3-4,6-7,10,17-18H,2H2,1H3,(H3,12,14,15,19)/p+1/t4-,6-,7-,10-/m1/s1. The van der Waals surface area contributed by atoms with Crippen molar-refractivity contribution in [2.75, 3.05) is 19.5 Å². The van der Waals surface area contributed by atoms with Gasteiger partial charge in [0.25, 0.3) is 11.5 Å². The molecule has 21 heavy (non-hydrogen) atoms. The maximum Gasteiger partial charge on any atom is 0.313 e. The molecule has 0 unspecified atom stereocenters. The molecule has 0 radical (unpaired) electrons. The van der Waals surface area contributed by atoms with Crippen LogP contribution in [0.3, 0.4) is 0 Å². The van der Waals surface area contributed by atoms with Gasteiger partial charge in [0.1, 0.15) is 18.3 Å². The van der Waals surface area contributed by atoms with Crippen molar-refractivity contribution >= 4 is 17.1 Å². The van der Waals surface area contributed by atoms with E-state index in [1.165, 1.54) is 18.0 Å². The largest absolute Gasteiger partial charge is 0.387 e. The fourth-order valence-electron chi connectivity index (χ4n) is 2.45. The number of nitrogens with two attached hydrogens (primary N) is 1. The number of hydrogen-bond acceptors (Lipinski definition) is 7. The number of anilines is 1. The number of methoxy groups -OCH3 is 1. The molecule has 114 valence electrons. The van der Waals surface area contributed by atoms with Crippen molar-refractivity contribution in [1.29, 1.82) is 0 Å². The lowest BCUT2D eigenvalue weighted by atomic mass is 10.1. The highest BCUT2D eigenvalue weighted by atomic mass is 16.6. The fraction of sp³-hybridized carbons (Fsp3) is 0.545. The summed E-state index contributed by atoms with van der Waals surface area (Å²) in [5.74, 6) is -0.0534. The minimum atomic E-state index is -1.18. The number of imidazole rings is 1. The van der Waals surface area contributed by atoms with Crippen molar-refractivity contribution in [2.45, 2.75) is 24.5 Å². The van der Waals surface area contributed by atoms with Crippen LogP contribution in [-0.4, -0.2) is 57.2 Å². The van der Waals surface area contributed by atoms with Crippen LogP contribution in [0.2, 0.25) is 0 Å². The van der Waals surface area contributed by atoms with Crippen LogP contribution in [-0.2, 0) is 9.47 Å². The van der Waals surface area contributed by atoms with Gasteiger partial charge in [0.15, 0.2) is 6.33 Å². The molecule has 1 saturated heterocycles. The van der Waals surface area contributed by atoms with E-state index in [1.807, 2.05) is 0 Å². The minimum Gasteiger partial charge on any atom is -0.387 e. The van der Waals surface area contributed by atoms with Crippen LogP contribution in [0.4, 0.5) is 5.95 Å². The molecule has 3 heterocycles. The van der Waals surface area contributed by atoms with Gasteiger partial charge in [-0.1, -0.05) is 4.98 Å². The highest BCUT2D eigenvalue weighted by molar-refractivity contribution is 5.65. The minimum absolute atomic E-state index is 0.0534. The summed E-state index contributed by atoms with van der Waals surface area (Å²) in [6, 6.07) is 0. The molecule has 0 spiro atoms. The molecule has 0 amide bonds. The van der Waals surface area contributed by atoms with E-state index in [2.05, 4.69) is 15.0 Å². The predicted molar refractivity (Wildman–Crippen MR) is 69.1 cm³/mol. The summed E-state index contributed by atoms with van der Waals surface area (Å²) in [6.07, 6.45) is -2.43. The van der Waals surface area contributed by atoms with Crippen LogP contribution >= 0.6 is 0 Å². The molecular weight excluding hydrogens is 282 g/mol. The molecule has 2 aromatic rings. The van der Waals surface area contributed by atoms with E-state index in [9.17, 15) is 15.0 Å². The number of rotatable bonds is 3. The Labute approximate surface area is 118 Å². The zero-order valence-corrected chi connectivity index (χ0v) is 11.2. The van der Waals surface area contributed by atoms with Gasteiger partial charge >= 0.3 is 5.65 Å². The Balaban J connectivity index is 2.03. The normalized spacial score (nSPS) is 29.3. The Bertz CT molecular complexity index is 713. The second-order valence-electron chi connectivity index (χ2n) is 4.83. The summed E-state index contributed by atoms with van der Waals surface area (Å²) in [6.45, 7) is 0.133. The highest BCUT2D eigenvalue weighted by Gasteiger charge is 2.46. The smallest absolute Gasteiger partial charge is 0.313 e. The molecule has 1 aliphatic rings. The number of nitrogens with one attached hydrogen (secondary N) is 2. The van der Waals surface area contributed by atoms with Crippen molar-refractivity contribution < 1.29 is 24.3 Å². The van der Waals surface area contributed by atoms with E-state index in [1.54, 1.807) is 0 Å². The summed E-state index contributed by atoms with van der Waals surface area (Å²) < 4.78 is 11.9. The summed E-state index contributed by atoms with van der Waals surface area (Å²) >= 11 is 0. The summed E-state index contributed by atoms with van der Waals surface area (Å²) in [7, 11) is 1.47. The summed E-state index contributed by atoms with van der Waals surface area (Å²) in [4.78, 5) is 20.9. The number of aliphatic hydroxyl groups is 2. The van der Waals surface area contributed by atoms with E-state index in [-0.39, 0.29) is 23.7 Å². The Morgan fingerprint density at radius 2 is 2.29 bits per heavy atom. The number of aromatic amines is 2. The molecule has 0 aliphatic carbocycles. The summed E-state index contributed by atoms with van der Waals surface area (Å²) in [5.41, 5.74) is 5.52. The van der Waals surface area contributed by atoms with Crippen molar-refractivity contribution in [3.05, 3.63) is 16.7 Å². The van der Waals surface area contributed by atoms with Gasteiger partial charge in [-0.3, -0.25) is 14.8 Å². The molecule has 10 heteroatoms. The monoisotopic (exact) mass is 298 g/mol. The van der Waals surface area contributed by atoms with Gasteiger partial charge in [0, 0.05) is 7.11 Å². The van der Waals surface area contributed by atoms with Gasteiger partial charge in [0.05, 0.1) is 6.61 Å². The number of nitrogen functional groups attached to an aromatic ring is 1. The number of aliphatic hydroxyl groups excluding tert-OH is 2. The Morgan fingerprint density at radius 1 is 1.52 bits per heavy atom. The van der Waals surface area contributed by atoms with Gasteiger partial charge in [-0.05, 0) is 0 Å². The quantitative estimate of drug-likeness (QED) is 0.389. The maximum absolute atomic E-state index is 11.7. The van der Waals surface area contributed by atoms with Gasteiger partial charge in [-0.2, -0.15) is 0 Å². The Morgan fingerprint density at radius 3 is 3.00 bits per heavy atom. The number of fused-ring (bicyclic) bond motifs is 1. The van der Waals surface area contributed by atoms with Crippen LogP contribution in [0.15, 0.2) is 11.1 Å². The molecule has 6 N–H and O–H groups in total. The molecule has 0 bridgehead atoms. The molecule has 3 rings (SSSR count). The van der Waals surface area contributed by atoms with Crippen molar-refractivity contribution in [2.24, 2.45) is 0 Å². The number of nitrogens with zero attached hydrogens (tertiary/aromatic N) is 2. The first-order chi connectivity index (χ1) is 10.0. The first-order valence-corrected chi connectivity index (χ1v) is 6.31. The van der Waals surface area contributed by atoms with E-state index >= 15 is 0 Å². The van der Waals surface area contributed by atoms with Crippen molar-refractivity contribution in [3.63, 3.8) is 0 Å². The van der Waals surface area contributed by atoms with Crippen LogP contribution in [0.5, 0.6) is 0 Å². The average Bonchev–Trinajstić information content (AvgIpc) is 2.96. The van der Waals surface area contributed by atoms with E-state index < -0.39 is 30.1 Å². The number of H-pyrrole nitrogens is 2. The third kappa shape index (κ3) is 2.17. The molecule has 0 saturated carbocycles. The SMILES string of the molecule is COC[C@H]1O[C@@H]([n+]2c[nH]c3c(=O)[nH]c(N)nc32)[C@H](O)[C@@H]1O. The van der Waals surface area contributed by atoms with Crippen LogP contribution in [0, 0.1) is 0 Å². The van der Waals surface area contributed by atoms with E-state index in [0.717, 1.165) is 0 Å². The lowest BCUT2D eigenvalue weighted by Gasteiger charge is -2.11. The molecule has 1 aliphatic heterocycles. The van der Waals surface area contributed by atoms with Gasteiger partial charge in [0.2, 0.25) is 11.7 Å². The lowest BCUT2D eigenvalue weighted by Crippen LogP contribution is -2.46. The molecule has 1 fully saturated rings. The van der Waals surface area contributed by atoms with Gasteiger partial charge in [-0.25, -0.2) is 4.57 Å². The Hall–Kier alpha value is -2.01. The van der Waals surface area contributed by atoms with E-state index in [4.69, 9.17) is 15.2 Å². The van der Waals surface area contributed by atoms with Crippen LogP contribution in [0.25, 0.3) is 11.2 Å². The number of ether oxygens (including phenoxy) is 2. The number of aromatic nitrogens is 4. The van der Waals surface area contributed by atoms with Crippen molar-refractivity contribution in [1.82, 2.24) is 15.0 Å². The van der Waals surface area contributed by atoms with E-state index in [0.29, 0.717) is 0 Å². The zero-order chi connectivity index (χ0) is 15.1. The van der Waals surface area contributed by atoms with Gasteiger partial charge in [-0.15, -0.1) is 0 Å². The lowest BCUT2D eigenvalue weighted by molar-refractivity contribution is -0.745. The predicted octanol–water partition coefficient (Wildman–Crippen LogP) is -2.61. The van der Waals surface area contributed by atoms with Crippen LogP contribution in [0.1, 0.15) is 6.23 Å². The topological polar surface area (TPSA) is 150 Å². The third-order valence-electron chi connectivity index (χ3n) is 3.45. The molecule has 0 aromatic carbocycles. The number of hydrogen-bond donors (Lipinski definition) is 5. The summed E-state index contributed by atoms with van der Waals surface area (Å²) in [5, 5.41) is 20.1. The van der Waals surface area contributed by atoms with Crippen LogP contribution < -0.4 is 15.9 Å². The highest BCUT2D eigenvalue weighted by Crippen LogP contribution is 2.26. The average molecular weight is 298 g/mol. The Kier molecular flexibility index (Phi) is 3.37. The zero-order valence-electron chi connectivity index (χ0n) is 11.2. The fourth-order valence-corrected chi connectivity index (χ4v) is 2.45. The van der Waals surface area contributed by atoms with Crippen molar-refractivity contribution in [3.8, 4) is 0 Å². The second-order valence-corrected chi connectivity index (χ2v) is 4.83. The first-order valence-electron chi connectivity index (χ1n) is 6.31. The molecular formula is C11H16N5O5+. The molecule has 2 aromatic heterocycles. The molecule has 4 atom stereocenters. The second kappa shape index (κ2) is 5.07. The third-order valence-corrected chi connectivity index (χ3v) is 3.45. The molecule has 10 nitrogen and oxygen atoms in total. The van der Waals surface area contributed by atoms with Gasteiger partial charge < -0.3 is 25.4 Å². The first kappa shape index (κ1) is 13.9. The maximum atomic E-state index is 11.7.